The van der Waals surface area contributed by atoms with Crippen molar-refractivity contribution in [1.29, 1.82) is 0 Å². The second-order valence-corrected chi connectivity index (χ2v) is 9.63. The fraction of sp³-hybridized carbons (Fsp3) is 0.389. The van der Waals surface area contributed by atoms with Crippen LogP contribution in [0.5, 0.6) is 0 Å². The van der Waals surface area contributed by atoms with Crippen LogP contribution in [0.2, 0.25) is 0 Å². The molecule has 3 aromatic rings. The van der Waals surface area contributed by atoms with E-state index in [-0.39, 0.29) is 10.9 Å². The molecule has 0 saturated carbocycles. The maximum Gasteiger partial charge on any atom is 0.297 e. The van der Waals surface area contributed by atoms with Crippen molar-refractivity contribution < 1.29 is 17.9 Å². The number of amides is 1. The molecule has 150 valence electrons. The van der Waals surface area contributed by atoms with E-state index in [1.54, 1.807) is 42.3 Å². The molecular formula is C18H22N4O4S2. The molecule has 1 aromatic carbocycles. The van der Waals surface area contributed by atoms with Crippen molar-refractivity contribution >= 4 is 37.3 Å². The van der Waals surface area contributed by atoms with Crippen LogP contribution >= 0.6 is 11.3 Å². The molecular weight excluding hydrogens is 400 g/mol. The topological polar surface area (TPSA) is 95.6 Å². The lowest BCUT2D eigenvalue weighted by Gasteiger charge is -2.08. The zero-order valence-corrected chi connectivity index (χ0v) is 17.7. The van der Waals surface area contributed by atoms with Gasteiger partial charge in [0.05, 0.1) is 21.7 Å². The number of hydrogen-bond donors (Lipinski definition) is 0. The first-order chi connectivity index (χ1) is 13.2. The molecule has 0 aliphatic rings. The number of benzene rings is 1. The summed E-state index contributed by atoms with van der Waals surface area (Å²) in [5.74, 6) is -0.396. The van der Waals surface area contributed by atoms with Gasteiger partial charge in [-0.1, -0.05) is 11.3 Å². The Kier molecular flexibility index (Phi) is 5.82. The number of hydrogen-bond acceptors (Lipinski definition) is 6. The fourth-order valence-corrected chi connectivity index (χ4v) is 4.62. The van der Waals surface area contributed by atoms with Crippen LogP contribution in [0.1, 0.15) is 30.4 Å². The molecule has 0 fully saturated rings. The highest BCUT2D eigenvalue weighted by molar-refractivity contribution is 7.90. The minimum Gasteiger partial charge on any atom is -0.383 e. The maximum atomic E-state index is 12.8. The van der Waals surface area contributed by atoms with Gasteiger partial charge in [0, 0.05) is 32.1 Å². The van der Waals surface area contributed by atoms with Crippen LogP contribution in [-0.4, -0.2) is 48.6 Å². The summed E-state index contributed by atoms with van der Waals surface area (Å²) >= 11 is 1.27. The van der Waals surface area contributed by atoms with Crippen LogP contribution in [0.4, 0.5) is 0 Å². The predicted octanol–water partition coefficient (Wildman–Crippen LogP) is 2.27. The van der Waals surface area contributed by atoms with Crippen molar-refractivity contribution in [1.82, 2.24) is 14.3 Å². The summed E-state index contributed by atoms with van der Waals surface area (Å²) in [6.07, 6.45) is 2.74. The molecule has 0 aliphatic heterocycles. The van der Waals surface area contributed by atoms with Crippen LogP contribution in [0, 0.1) is 0 Å². The number of thiazole rings is 1. The summed E-state index contributed by atoms with van der Waals surface area (Å²) in [5, 5.41) is 4.18. The van der Waals surface area contributed by atoms with Crippen LogP contribution in [0.15, 0.2) is 40.4 Å². The van der Waals surface area contributed by atoms with Crippen molar-refractivity contribution in [2.75, 3.05) is 20.0 Å². The molecule has 8 nitrogen and oxygen atoms in total. The molecule has 0 bridgehead atoms. The van der Waals surface area contributed by atoms with E-state index in [2.05, 4.69) is 10.1 Å². The van der Waals surface area contributed by atoms with Gasteiger partial charge in [-0.2, -0.15) is 10.1 Å². The first-order valence-corrected chi connectivity index (χ1v) is 11.4. The van der Waals surface area contributed by atoms with Crippen LogP contribution in [-0.2, 0) is 21.1 Å². The number of carbonyl (C=O) groups excluding carboxylic acids is 1. The van der Waals surface area contributed by atoms with E-state index in [0.717, 1.165) is 10.2 Å². The number of rotatable bonds is 6. The minimum atomic E-state index is -3.32. The summed E-state index contributed by atoms with van der Waals surface area (Å²) < 4.78 is 33.1. The molecule has 0 spiro atoms. The Labute approximate surface area is 167 Å². The highest BCUT2D eigenvalue weighted by atomic mass is 32.2. The van der Waals surface area contributed by atoms with Crippen LogP contribution < -0.4 is 4.80 Å². The first-order valence-electron chi connectivity index (χ1n) is 8.67. The van der Waals surface area contributed by atoms with Crippen molar-refractivity contribution in [2.45, 2.75) is 31.3 Å². The zero-order chi connectivity index (χ0) is 20.5. The van der Waals surface area contributed by atoms with Gasteiger partial charge < -0.3 is 9.30 Å². The Morgan fingerprint density at radius 3 is 2.71 bits per heavy atom. The van der Waals surface area contributed by atoms with Gasteiger partial charge in [0.1, 0.15) is 5.69 Å². The number of carbonyl (C=O) groups is 1. The van der Waals surface area contributed by atoms with Gasteiger partial charge in [-0.05, 0) is 38.1 Å². The number of methoxy groups -OCH3 is 1. The van der Waals surface area contributed by atoms with Gasteiger partial charge in [-0.15, -0.1) is 0 Å². The lowest BCUT2D eigenvalue weighted by atomic mass is 10.3. The van der Waals surface area contributed by atoms with Crippen molar-refractivity contribution in [2.24, 2.45) is 4.99 Å². The molecule has 0 unspecified atom stereocenters. The normalized spacial score (nSPS) is 13.0. The third kappa shape index (κ3) is 4.08. The number of sulfone groups is 1. The largest absolute Gasteiger partial charge is 0.383 e. The third-order valence-corrected chi connectivity index (χ3v) is 6.33. The Morgan fingerprint density at radius 1 is 1.32 bits per heavy atom. The van der Waals surface area contributed by atoms with Gasteiger partial charge in [0.25, 0.3) is 5.91 Å². The molecule has 0 saturated heterocycles. The Morgan fingerprint density at radius 2 is 2.07 bits per heavy atom. The lowest BCUT2D eigenvalue weighted by Crippen LogP contribution is -2.20. The Bertz CT molecular complexity index is 1190. The third-order valence-electron chi connectivity index (χ3n) is 4.18. The van der Waals surface area contributed by atoms with E-state index in [1.165, 1.54) is 17.6 Å². The SMILES string of the molecule is COCCn1c(=NC(=O)c2ccnn2C(C)C)sc2cc(S(C)(=O)=O)ccc21. The molecule has 0 atom stereocenters. The van der Waals surface area contributed by atoms with Gasteiger partial charge in [-0.25, -0.2) is 8.42 Å². The molecule has 0 N–H and O–H groups in total. The summed E-state index contributed by atoms with van der Waals surface area (Å²) in [5.41, 5.74) is 1.21. The smallest absolute Gasteiger partial charge is 0.297 e. The van der Waals surface area contributed by atoms with E-state index in [1.807, 2.05) is 18.4 Å². The standard InChI is InChI=1S/C18H22N4O4S2/c1-12(2)22-15(7-8-19-22)17(23)20-18-21(9-10-26-3)14-6-5-13(28(4,24)25)11-16(14)27-18/h5-8,11-12H,9-10H2,1-4H3. The quantitative estimate of drug-likeness (QED) is 0.607. The van der Waals surface area contributed by atoms with E-state index in [0.29, 0.717) is 23.6 Å². The van der Waals surface area contributed by atoms with Gasteiger partial charge in [-0.3, -0.25) is 9.48 Å². The van der Waals surface area contributed by atoms with E-state index >= 15 is 0 Å². The molecule has 0 aliphatic carbocycles. The second kappa shape index (κ2) is 7.98. The number of aromatic nitrogens is 3. The summed E-state index contributed by atoms with van der Waals surface area (Å²) in [6.45, 7) is 4.80. The molecule has 1 amide bonds. The molecule has 10 heteroatoms. The average Bonchev–Trinajstić information content (AvgIpc) is 3.23. The van der Waals surface area contributed by atoms with Gasteiger partial charge >= 0.3 is 0 Å². The average molecular weight is 423 g/mol. The second-order valence-electron chi connectivity index (χ2n) is 6.60. The molecule has 0 radical (unpaired) electrons. The summed E-state index contributed by atoms with van der Waals surface area (Å²) in [7, 11) is -1.73. The number of ether oxygens (including phenoxy) is 1. The molecule has 2 aromatic heterocycles. The van der Waals surface area contributed by atoms with Gasteiger partial charge in [0.2, 0.25) is 0 Å². The summed E-state index contributed by atoms with van der Waals surface area (Å²) in [6, 6.07) is 6.58. The maximum absolute atomic E-state index is 12.8. The fourth-order valence-electron chi connectivity index (χ4n) is 2.81. The number of nitrogens with zero attached hydrogens (tertiary/aromatic N) is 4. The van der Waals surface area contributed by atoms with Crippen molar-refractivity contribution in [3.63, 3.8) is 0 Å². The van der Waals surface area contributed by atoms with Crippen molar-refractivity contribution in [3.8, 4) is 0 Å². The molecule has 2 heterocycles. The van der Waals surface area contributed by atoms with Crippen LogP contribution in [0.25, 0.3) is 10.2 Å². The predicted molar refractivity (Wildman–Crippen MR) is 107 cm³/mol. The Balaban J connectivity index is 2.16. The van der Waals surface area contributed by atoms with E-state index < -0.39 is 15.7 Å². The Hall–Kier alpha value is -2.30. The monoisotopic (exact) mass is 422 g/mol. The van der Waals surface area contributed by atoms with E-state index in [4.69, 9.17) is 4.74 Å². The highest BCUT2D eigenvalue weighted by Crippen LogP contribution is 2.22. The molecule has 3 rings (SSSR count). The highest BCUT2D eigenvalue weighted by Gasteiger charge is 2.16. The first kappa shape index (κ1) is 20.4. The van der Waals surface area contributed by atoms with Crippen LogP contribution in [0.3, 0.4) is 0 Å². The van der Waals surface area contributed by atoms with Crippen molar-refractivity contribution in [3.05, 3.63) is 41.0 Å². The zero-order valence-electron chi connectivity index (χ0n) is 16.1. The van der Waals surface area contributed by atoms with E-state index in [9.17, 15) is 13.2 Å². The number of fused-ring (bicyclic) bond motifs is 1. The molecule has 28 heavy (non-hydrogen) atoms. The minimum absolute atomic E-state index is 0.0319. The van der Waals surface area contributed by atoms with Gasteiger partial charge in [0.15, 0.2) is 14.6 Å². The summed E-state index contributed by atoms with van der Waals surface area (Å²) in [4.78, 5) is 17.8. The lowest BCUT2D eigenvalue weighted by molar-refractivity contribution is 0.0985.